The van der Waals surface area contributed by atoms with Crippen molar-refractivity contribution in [2.45, 2.75) is 51.2 Å². The molecule has 2 atom stereocenters. The number of nitrogens with zero attached hydrogens (tertiary/aromatic N) is 2. The summed E-state index contributed by atoms with van der Waals surface area (Å²) in [5, 5.41) is 0. The van der Waals surface area contributed by atoms with Gasteiger partial charge in [-0.3, -0.25) is 9.69 Å². The number of rotatable bonds is 5. The lowest BCUT2D eigenvalue weighted by molar-refractivity contribution is -0.136. The van der Waals surface area contributed by atoms with Gasteiger partial charge >= 0.3 is 0 Å². The van der Waals surface area contributed by atoms with Gasteiger partial charge in [-0.05, 0) is 51.1 Å². The van der Waals surface area contributed by atoms with Gasteiger partial charge in [0, 0.05) is 19.2 Å². The maximum atomic E-state index is 12.9. The van der Waals surface area contributed by atoms with Crippen LogP contribution in [0.1, 0.15) is 39.0 Å². The molecule has 0 aromatic heterocycles. The summed E-state index contributed by atoms with van der Waals surface area (Å²) in [6, 6.07) is -0.171. The molecule has 3 aliphatic rings. The Kier molecular flexibility index (Phi) is 5.82. The molecular weight excluding hydrogens is 328 g/mol. The molecule has 3 heterocycles. The van der Waals surface area contributed by atoms with Crippen molar-refractivity contribution >= 4 is 15.7 Å². The van der Waals surface area contributed by atoms with Crippen molar-refractivity contribution in [2.24, 2.45) is 5.92 Å². The number of carbonyl (C=O) groups is 1. The predicted molar refractivity (Wildman–Crippen MR) is 92.6 cm³/mol. The fourth-order valence-corrected chi connectivity index (χ4v) is 5.72. The van der Waals surface area contributed by atoms with Crippen LogP contribution in [0.25, 0.3) is 0 Å². The standard InChI is InChI=1S/C17H30N2O4S/c1-14-4-7-18(8-5-14)12-17(20)19(11-16-3-2-9-23-16)15-6-10-24(21,22)13-15/h14-16H,2-13H2,1H3/t15-,16-/m0/s1. The van der Waals surface area contributed by atoms with E-state index in [2.05, 4.69) is 11.8 Å². The third kappa shape index (κ3) is 4.70. The molecule has 24 heavy (non-hydrogen) atoms. The molecule has 0 N–H and O–H groups in total. The van der Waals surface area contributed by atoms with Crippen molar-refractivity contribution in [3.63, 3.8) is 0 Å². The molecule has 0 spiro atoms. The van der Waals surface area contributed by atoms with E-state index >= 15 is 0 Å². The van der Waals surface area contributed by atoms with Gasteiger partial charge in [-0.25, -0.2) is 8.42 Å². The van der Waals surface area contributed by atoms with Crippen LogP contribution in [0, 0.1) is 5.92 Å². The molecular formula is C17H30N2O4S. The number of ether oxygens (including phenoxy) is 1. The Morgan fingerprint density at radius 3 is 2.54 bits per heavy atom. The number of hydrogen-bond acceptors (Lipinski definition) is 5. The van der Waals surface area contributed by atoms with Crippen LogP contribution in [0.3, 0.4) is 0 Å². The SMILES string of the molecule is CC1CCN(CC(=O)N(C[C@@H]2CCCO2)[C@H]2CCS(=O)(=O)C2)CC1. The molecule has 3 rings (SSSR count). The summed E-state index contributed by atoms with van der Waals surface area (Å²) in [5.41, 5.74) is 0. The van der Waals surface area contributed by atoms with E-state index in [1.165, 1.54) is 0 Å². The van der Waals surface area contributed by atoms with Gasteiger partial charge in [0.25, 0.3) is 0 Å². The zero-order valence-electron chi connectivity index (χ0n) is 14.7. The van der Waals surface area contributed by atoms with Gasteiger partial charge in [0.15, 0.2) is 9.84 Å². The van der Waals surface area contributed by atoms with E-state index in [0.717, 1.165) is 51.3 Å². The lowest BCUT2D eigenvalue weighted by Crippen LogP contribution is -2.50. The molecule has 3 aliphatic heterocycles. The number of hydrogen-bond donors (Lipinski definition) is 0. The van der Waals surface area contributed by atoms with Crippen LogP contribution in [0.15, 0.2) is 0 Å². The van der Waals surface area contributed by atoms with E-state index in [4.69, 9.17) is 4.74 Å². The first-order valence-electron chi connectivity index (χ1n) is 9.27. The Hall–Kier alpha value is -0.660. The second-order valence-corrected chi connectivity index (χ2v) is 9.93. The summed E-state index contributed by atoms with van der Waals surface area (Å²) >= 11 is 0. The lowest BCUT2D eigenvalue weighted by atomic mass is 9.99. The van der Waals surface area contributed by atoms with E-state index < -0.39 is 9.84 Å². The smallest absolute Gasteiger partial charge is 0.237 e. The lowest BCUT2D eigenvalue weighted by Gasteiger charge is -2.35. The minimum absolute atomic E-state index is 0.0682. The fraction of sp³-hybridized carbons (Fsp3) is 0.941. The van der Waals surface area contributed by atoms with Gasteiger partial charge in [-0.2, -0.15) is 0 Å². The maximum Gasteiger partial charge on any atom is 0.237 e. The minimum atomic E-state index is -3.00. The average molecular weight is 359 g/mol. The Bertz CT molecular complexity index is 537. The first-order valence-corrected chi connectivity index (χ1v) is 11.1. The zero-order valence-corrected chi connectivity index (χ0v) is 15.5. The third-order valence-corrected chi connectivity index (χ3v) is 7.38. The molecule has 0 bridgehead atoms. The highest BCUT2D eigenvalue weighted by Gasteiger charge is 2.36. The monoisotopic (exact) mass is 358 g/mol. The third-order valence-electron chi connectivity index (χ3n) is 5.63. The highest BCUT2D eigenvalue weighted by Crippen LogP contribution is 2.22. The highest BCUT2D eigenvalue weighted by atomic mass is 32.2. The van der Waals surface area contributed by atoms with E-state index in [-0.39, 0.29) is 29.6 Å². The summed E-state index contributed by atoms with van der Waals surface area (Å²) in [6.45, 7) is 5.89. The van der Waals surface area contributed by atoms with Gasteiger partial charge in [-0.15, -0.1) is 0 Å². The molecule has 0 unspecified atom stereocenters. The number of piperidine rings is 1. The van der Waals surface area contributed by atoms with Crippen molar-refractivity contribution in [2.75, 3.05) is 44.3 Å². The van der Waals surface area contributed by atoms with Crippen LogP contribution in [0.2, 0.25) is 0 Å². The van der Waals surface area contributed by atoms with Crippen LogP contribution in [-0.2, 0) is 19.4 Å². The Morgan fingerprint density at radius 1 is 1.21 bits per heavy atom. The molecule has 7 heteroatoms. The molecule has 0 aromatic carbocycles. The molecule has 0 aliphatic carbocycles. The first-order chi connectivity index (χ1) is 11.4. The van der Waals surface area contributed by atoms with Gasteiger partial charge in [-0.1, -0.05) is 6.92 Å². The molecule has 0 aromatic rings. The molecule has 3 saturated heterocycles. The molecule has 0 radical (unpaired) electrons. The van der Waals surface area contributed by atoms with Crippen molar-refractivity contribution < 1.29 is 17.9 Å². The van der Waals surface area contributed by atoms with E-state index in [1.54, 1.807) is 0 Å². The highest BCUT2D eigenvalue weighted by molar-refractivity contribution is 7.91. The quantitative estimate of drug-likeness (QED) is 0.731. The van der Waals surface area contributed by atoms with Gasteiger partial charge in [0.05, 0.1) is 24.2 Å². The van der Waals surface area contributed by atoms with Crippen molar-refractivity contribution in [1.82, 2.24) is 9.80 Å². The van der Waals surface area contributed by atoms with Crippen molar-refractivity contribution in [1.29, 1.82) is 0 Å². The maximum absolute atomic E-state index is 12.9. The summed E-state index contributed by atoms with van der Waals surface area (Å²) < 4.78 is 29.4. The van der Waals surface area contributed by atoms with Crippen LogP contribution >= 0.6 is 0 Å². The molecule has 1 amide bonds. The van der Waals surface area contributed by atoms with E-state index in [9.17, 15) is 13.2 Å². The number of carbonyl (C=O) groups excluding carboxylic acids is 1. The largest absolute Gasteiger partial charge is 0.376 e. The fourth-order valence-electron chi connectivity index (χ4n) is 3.99. The van der Waals surface area contributed by atoms with Crippen LogP contribution in [0.5, 0.6) is 0 Å². The van der Waals surface area contributed by atoms with Crippen LogP contribution in [-0.4, -0.2) is 80.6 Å². The summed E-state index contributed by atoms with van der Waals surface area (Å²) in [4.78, 5) is 16.9. The zero-order chi connectivity index (χ0) is 17.2. The number of amides is 1. The Labute approximate surface area is 145 Å². The second kappa shape index (κ2) is 7.70. The van der Waals surface area contributed by atoms with Gasteiger partial charge in [0.1, 0.15) is 0 Å². The molecule has 6 nitrogen and oxygen atoms in total. The first kappa shape index (κ1) is 18.1. The van der Waals surface area contributed by atoms with Crippen LogP contribution in [0.4, 0.5) is 0 Å². The number of likely N-dealkylation sites (tertiary alicyclic amines) is 1. The predicted octanol–water partition coefficient (Wildman–Crippen LogP) is 0.913. The Morgan fingerprint density at radius 2 is 1.96 bits per heavy atom. The van der Waals surface area contributed by atoms with E-state index in [1.807, 2.05) is 4.90 Å². The molecule has 0 saturated carbocycles. The van der Waals surface area contributed by atoms with Crippen LogP contribution < -0.4 is 0 Å². The topological polar surface area (TPSA) is 66.9 Å². The molecule has 3 fully saturated rings. The number of sulfone groups is 1. The average Bonchev–Trinajstić information content (AvgIpc) is 3.16. The van der Waals surface area contributed by atoms with Crippen molar-refractivity contribution in [3.8, 4) is 0 Å². The summed E-state index contributed by atoms with van der Waals surface area (Å²) in [7, 11) is -3.00. The Balaban J connectivity index is 1.62. The minimum Gasteiger partial charge on any atom is -0.376 e. The second-order valence-electron chi connectivity index (χ2n) is 7.70. The normalized spacial score (nSPS) is 31.4. The van der Waals surface area contributed by atoms with E-state index in [0.29, 0.717) is 19.5 Å². The summed E-state index contributed by atoms with van der Waals surface area (Å²) in [6.07, 6.45) is 4.90. The molecule has 138 valence electrons. The summed E-state index contributed by atoms with van der Waals surface area (Å²) in [5.74, 6) is 1.12. The van der Waals surface area contributed by atoms with Crippen molar-refractivity contribution in [3.05, 3.63) is 0 Å². The van der Waals surface area contributed by atoms with Gasteiger partial charge in [0.2, 0.25) is 5.91 Å². The van der Waals surface area contributed by atoms with Gasteiger partial charge < -0.3 is 9.64 Å².